The number of carbonyl (C=O) groups is 2. The Bertz CT molecular complexity index is 824. The molecule has 2 amide bonds. The first-order valence-electron chi connectivity index (χ1n) is 9.09. The van der Waals surface area contributed by atoms with Crippen LogP contribution >= 0.6 is 11.3 Å². The SMILES string of the molecule is CC(=O)Nc1ccccc1-c1ccsc1C(=O)NC1CN2CCC1CC2. The van der Waals surface area contributed by atoms with Gasteiger partial charge in [0.1, 0.15) is 0 Å². The lowest BCUT2D eigenvalue weighted by Crippen LogP contribution is -2.57. The van der Waals surface area contributed by atoms with Gasteiger partial charge in [-0.25, -0.2) is 0 Å². The Labute approximate surface area is 157 Å². The first-order chi connectivity index (χ1) is 12.6. The summed E-state index contributed by atoms with van der Waals surface area (Å²) < 4.78 is 0. The summed E-state index contributed by atoms with van der Waals surface area (Å²) in [5.41, 5.74) is 2.48. The molecule has 4 heterocycles. The Balaban J connectivity index is 1.57. The number of benzene rings is 1. The van der Waals surface area contributed by atoms with Crippen LogP contribution in [0.5, 0.6) is 0 Å². The number of anilines is 1. The van der Waals surface area contributed by atoms with Gasteiger partial charge in [-0.2, -0.15) is 0 Å². The molecular formula is C20H23N3O2S. The molecule has 26 heavy (non-hydrogen) atoms. The normalized spacial score (nSPS) is 24.3. The monoisotopic (exact) mass is 369 g/mol. The zero-order chi connectivity index (χ0) is 18.1. The molecular weight excluding hydrogens is 346 g/mol. The van der Waals surface area contributed by atoms with Gasteiger partial charge in [-0.15, -0.1) is 11.3 Å². The summed E-state index contributed by atoms with van der Waals surface area (Å²) in [5, 5.41) is 8.06. The molecule has 1 aromatic carbocycles. The second-order valence-corrected chi connectivity index (χ2v) is 8.02. The van der Waals surface area contributed by atoms with E-state index in [1.807, 2.05) is 35.7 Å². The molecule has 3 aliphatic rings. The molecule has 136 valence electrons. The molecule has 6 heteroatoms. The number of rotatable bonds is 4. The summed E-state index contributed by atoms with van der Waals surface area (Å²) in [5.74, 6) is 0.469. The fraction of sp³-hybridized carbons (Fsp3) is 0.400. The van der Waals surface area contributed by atoms with Gasteiger partial charge < -0.3 is 15.5 Å². The molecule has 3 aliphatic heterocycles. The highest BCUT2D eigenvalue weighted by atomic mass is 32.1. The zero-order valence-electron chi connectivity index (χ0n) is 14.8. The van der Waals surface area contributed by atoms with Crippen molar-refractivity contribution >= 4 is 28.8 Å². The second-order valence-electron chi connectivity index (χ2n) is 7.11. The summed E-state index contributed by atoms with van der Waals surface area (Å²) in [6.45, 7) is 4.77. The smallest absolute Gasteiger partial charge is 0.262 e. The minimum absolute atomic E-state index is 0.00798. The molecule has 2 bridgehead atoms. The highest BCUT2D eigenvalue weighted by Crippen LogP contribution is 2.34. The highest BCUT2D eigenvalue weighted by Gasteiger charge is 2.35. The van der Waals surface area contributed by atoms with Crippen LogP contribution < -0.4 is 10.6 Å². The number of carbonyl (C=O) groups excluding carboxylic acids is 2. The van der Waals surface area contributed by atoms with Crippen molar-refractivity contribution in [2.24, 2.45) is 5.92 Å². The maximum absolute atomic E-state index is 13.0. The van der Waals surface area contributed by atoms with Gasteiger partial charge >= 0.3 is 0 Å². The van der Waals surface area contributed by atoms with Gasteiger partial charge in [-0.3, -0.25) is 9.59 Å². The Kier molecular flexibility index (Phi) is 4.78. The van der Waals surface area contributed by atoms with E-state index < -0.39 is 0 Å². The molecule has 1 aromatic heterocycles. The average Bonchev–Trinajstić information content (AvgIpc) is 3.12. The van der Waals surface area contributed by atoms with E-state index in [0.29, 0.717) is 10.8 Å². The number of piperidine rings is 3. The summed E-state index contributed by atoms with van der Waals surface area (Å²) >= 11 is 1.45. The van der Waals surface area contributed by atoms with Crippen molar-refractivity contribution in [1.29, 1.82) is 0 Å². The molecule has 0 radical (unpaired) electrons. The number of hydrogen-bond donors (Lipinski definition) is 2. The van der Waals surface area contributed by atoms with Gasteiger partial charge in [-0.1, -0.05) is 18.2 Å². The second kappa shape index (κ2) is 7.21. The fourth-order valence-corrected chi connectivity index (χ4v) is 4.89. The van der Waals surface area contributed by atoms with Crippen molar-refractivity contribution in [3.05, 3.63) is 40.6 Å². The lowest BCUT2D eigenvalue weighted by Gasteiger charge is -2.44. The summed E-state index contributed by atoms with van der Waals surface area (Å²) in [6.07, 6.45) is 2.35. The van der Waals surface area contributed by atoms with Crippen LogP contribution in [0, 0.1) is 5.92 Å². The van der Waals surface area contributed by atoms with E-state index in [4.69, 9.17) is 0 Å². The first kappa shape index (κ1) is 17.2. The number of para-hydroxylation sites is 1. The molecule has 5 nitrogen and oxygen atoms in total. The van der Waals surface area contributed by atoms with Gasteiger partial charge in [0.15, 0.2) is 0 Å². The van der Waals surface area contributed by atoms with Crippen LogP contribution in [0.1, 0.15) is 29.4 Å². The van der Waals surface area contributed by atoms with E-state index in [1.54, 1.807) is 0 Å². The van der Waals surface area contributed by atoms with Gasteiger partial charge in [0, 0.05) is 36.3 Å². The van der Waals surface area contributed by atoms with Crippen LogP contribution in [0.4, 0.5) is 5.69 Å². The Morgan fingerprint density at radius 3 is 2.58 bits per heavy atom. The maximum atomic E-state index is 13.0. The fourth-order valence-electron chi connectivity index (χ4n) is 4.08. The number of amides is 2. The number of hydrogen-bond acceptors (Lipinski definition) is 4. The molecule has 2 N–H and O–H groups in total. The van der Waals surface area contributed by atoms with E-state index in [9.17, 15) is 9.59 Å². The third-order valence-corrected chi connectivity index (χ3v) is 6.29. The topological polar surface area (TPSA) is 61.4 Å². The van der Waals surface area contributed by atoms with Crippen LogP contribution in [0.25, 0.3) is 11.1 Å². The van der Waals surface area contributed by atoms with Crippen LogP contribution in [0.2, 0.25) is 0 Å². The Morgan fingerprint density at radius 1 is 1.12 bits per heavy atom. The van der Waals surface area contributed by atoms with E-state index in [-0.39, 0.29) is 17.9 Å². The van der Waals surface area contributed by atoms with Gasteiger partial charge in [0.2, 0.25) is 5.91 Å². The van der Waals surface area contributed by atoms with Crippen molar-refractivity contribution in [2.45, 2.75) is 25.8 Å². The number of nitrogens with zero attached hydrogens (tertiary/aromatic N) is 1. The highest BCUT2D eigenvalue weighted by molar-refractivity contribution is 7.12. The summed E-state index contributed by atoms with van der Waals surface area (Å²) in [4.78, 5) is 27.6. The lowest BCUT2D eigenvalue weighted by atomic mass is 9.84. The van der Waals surface area contributed by atoms with Crippen LogP contribution in [-0.2, 0) is 4.79 Å². The van der Waals surface area contributed by atoms with Crippen molar-refractivity contribution in [3.63, 3.8) is 0 Å². The van der Waals surface area contributed by atoms with Gasteiger partial charge in [0.05, 0.1) is 4.88 Å². The summed E-state index contributed by atoms with van der Waals surface area (Å²) in [7, 11) is 0. The summed E-state index contributed by atoms with van der Waals surface area (Å²) in [6, 6.07) is 9.81. The maximum Gasteiger partial charge on any atom is 0.262 e. The van der Waals surface area contributed by atoms with Crippen molar-refractivity contribution in [2.75, 3.05) is 25.0 Å². The van der Waals surface area contributed by atoms with E-state index in [1.165, 1.54) is 31.1 Å². The van der Waals surface area contributed by atoms with Crippen LogP contribution in [-0.4, -0.2) is 42.4 Å². The number of nitrogens with one attached hydrogen (secondary N) is 2. The minimum atomic E-state index is -0.119. The Morgan fingerprint density at radius 2 is 1.88 bits per heavy atom. The zero-order valence-corrected chi connectivity index (χ0v) is 15.6. The van der Waals surface area contributed by atoms with E-state index in [0.717, 1.165) is 36.4 Å². The van der Waals surface area contributed by atoms with E-state index >= 15 is 0 Å². The lowest BCUT2D eigenvalue weighted by molar-refractivity contribution is -0.114. The molecule has 5 rings (SSSR count). The molecule has 0 aliphatic carbocycles. The predicted octanol–water partition coefficient (Wildman–Crippen LogP) is 3.20. The molecule has 3 fully saturated rings. The first-order valence-corrected chi connectivity index (χ1v) is 9.97. The number of thiophene rings is 1. The molecule has 0 saturated carbocycles. The van der Waals surface area contributed by atoms with Gasteiger partial charge in [-0.05, 0) is 49.4 Å². The minimum Gasteiger partial charge on any atom is -0.347 e. The standard InChI is InChI=1S/C20H23N3O2S/c1-13(24)21-17-5-3-2-4-15(17)16-8-11-26-19(16)20(25)22-18-12-23-9-6-14(18)7-10-23/h2-5,8,11,14,18H,6-7,9-10,12H2,1H3,(H,21,24)(H,22,25). The number of fused-ring (bicyclic) bond motifs is 3. The molecule has 3 saturated heterocycles. The van der Waals surface area contributed by atoms with Crippen molar-refractivity contribution in [3.8, 4) is 11.1 Å². The van der Waals surface area contributed by atoms with Crippen LogP contribution in [0.15, 0.2) is 35.7 Å². The van der Waals surface area contributed by atoms with E-state index in [2.05, 4.69) is 15.5 Å². The third kappa shape index (κ3) is 3.39. The molecule has 0 spiro atoms. The van der Waals surface area contributed by atoms with Gasteiger partial charge in [0.25, 0.3) is 5.91 Å². The largest absolute Gasteiger partial charge is 0.347 e. The van der Waals surface area contributed by atoms with Crippen molar-refractivity contribution in [1.82, 2.24) is 10.2 Å². The Hall–Kier alpha value is -2.18. The molecule has 1 unspecified atom stereocenters. The van der Waals surface area contributed by atoms with Crippen molar-refractivity contribution < 1.29 is 9.59 Å². The van der Waals surface area contributed by atoms with Crippen LogP contribution in [0.3, 0.4) is 0 Å². The average molecular weight is 369 g/mol. The predicted molar refractivity (Wildman–Crippen MR) is 104 cm³/mol. The third-order valence-electron chi connectivity index (χ3n) is 5.37. The molecule has 1 atom stereocenters. The quantitative estimate of drug-likeness (QED) is 0.870. The molecule has 2 aromatic rings.